The van der Waals surface area contributed by atoms with Crippen molar-refractivity contribution in [3.8, 4) is 0 Å². The monoisotopic (exact) mass is 396 g/mol. The number of hydrogen-bond donors (Lipinski definition) is 6. The van der Waals surface area contributed by atoms with E-state index in [0.717, 1.165) is 5.56 Å². The summed E-state index contributed by atoms with van der Waals surface area (Å²) >= 11 is 4.04. The van der Waals surface area contributed by atoms with Crippen LogP contribution in [0.3, 0.4) is 0 Å². The molecule has 0 heterocycles. The van der Waals surface area contributed by atoms with E-state index in [0.29, 0.717) is 0 Å². The molecule has 0 spiro atoms. The van der Waals surface area contributed by atoms with Crippen molar-refractivity contribution >= 4 is 36.3 Å². The van der Waals surface area contributed by atoms with Crippen molar-refractivity contribution in [2.75, 3.05) is 12.3 Å². The molecule has 1 aromatic carbocycles. The number of carboxylic acids is 1. The molecule has 0 saturated carbocycles. The topological polar surface area (TPSA) is 151 Å². The predicted molar refractivity (Wildman–Crippen MR) is 102 cm³/mol. The lowest BCUT2D eigenvalue weighted by Gasteiger charge is -2.22. The lowest BCUT2D eigenvalue weighted by atomic mass is 10.0. The minimum atomic E-state index is -1.20. The number of carboxylic acid groups (broad SMARTS) is 1. The molecule has 10 heteroatoms. The van der Waals surface area contributed by atoms with E-state index in [1.807, 2.05) is 6.07 Å². The fourth-order valence-corrected chi connectivity index (χ4v) is 2.37. The molecule has 3 atom stereocenters. The van der Waals surface area contributed by atoms with E-state index in [2.05, 4.69) is 28.6 Å². The van der Waals surface area contributed by atoms with Crippen LogP contribution >= 0.6 is 12.6 Å². The third-order valence-electron chi connectivity index (χ3n) is 3.56. The van der Waals surface area contributed by atoms with Crippen LogP contribution < -0.4 is 21.7 Å². The van der Waals surface area contributed by atoms with E-state index in [1.165, 1.54) is 6.92 Å². The first kappa shape index (κ1) is 22.5. The number of rotatable bonds is 10. The quantitative estimate of drug-likeness (QED) is 0.270. The van der Waals surface area contributed by atoms with Gasteiger partial charge in [0.1, 0.15) is 18.6 Å². The van der Waals surface area contributed by atoms with Gasteiger partial charge in [0.15, 0.2) is 0 Å². The molecule has 1 aromatic rings. The van der Waals surface area contributed by atoms with Crippen LogP contribution in [0.4, 0.5) is 0 Å². The maximum absolute atomic E-state index is 12.5. The Balaban J connectivity index is 2.87. The summed E-state index contributed by atoms with van der Waals surface area (Å²) in [6.07, 6.45) is 0.151. The van der Waals surface area contributed by atoms with E-state index in [-0.39, 0.29) is 12.2 Å². The standard InChI is InChI=1S/C17H24N4O5S/c1-10(18)15(24)21-13(9-27)17(26)20-12(16(25)19-8-14(22)23)7-11-5-3-2-4-6-11/h2-6,10,12-13,27H,7-9,18H2,1H3,(H,19,25)(H,20,26)(H,21,24)(H,22,23). The minimum Gasteiger partial charge on any atom is -0.480 e. The van der Waals surface area contributed by atoms with Crippen molar-refractivity contribution in [2.45, 2.75) is 31.5 Å². The maximum Gasteiger partial charge on any atom is 0.322 e. The van der Waals surface area contributed by atoms with Gasteiger partial charge in [0.05, 0.1) is 6.04 Å². The van der Waals surface area contributed by atoms with E-state index in [9.17, 15) is 19.2 Å². The molecular formula is C17H24N4O5S. The zero-order valence-electron chi connectivity index (χ0n) is 14.8. The molecule has 0 aliphatic carbocycles. The van der Waals surface area contributed by atoms with Crippen LogP contribution in [0.2, 0.25) is 0 Å². The van der Waals surface area contributed by atoms with Crippen molar-refractivity contribution in [2.24, 2.45) is 5.73 Å². The summed E-state index contributed by atoms with van der Waals surface area (Å²) < 4.78 is 0. The normalized spacial score (nSPS) is 13.7. The Hall–Kier alpha value is -2.59. The van der Waals surface area contributed by atoms with Crippen LogP contribution in [-0.2, 0) is 25.6 Å². The average molecular weight is 396 g/mol. The van der Waals surface area contributed by atoms with Gasteiger partial charge in [-0.3, -0.25) is 19.2 Å². The fraction of sp³-hybridized carbons (Fsp3) is 0.412. The second-order valence-electron chi connectivity index (χ2n) is 5.89. The van der Waals surface area contributed by atoms with Crippen LogP contribution in [0.15, 0.2) is 30.3 Å². The van der Waals surface area contributed by atoms with Crippen molar-refractivity contribution < 1.29 is 24.3 Å². The Morgan fingerprint density at radius 3 is 2.15 bits per heavy atom. The lowest BCUT2D eigenvalue weighted by Crippen LogP contribution is -2.56. The summed E-state index contributed by atoms with van der Waals surface area (Å²) in [5.74, 6) is -3.00. The first-order valence-electron chi connectivity index (χ1n) is 8.25. The van der Waals surface area contributed by atoms with Gasteiger partial charge in [-0.15, -0.1) is 0 Å². The number of thiol groups is 1. The molecule has 0 aliphatic heterocycles. The second kappa shape index (κ2) is 11.2. The molecule has 0 aromatic heterocycles. The molecule has 27 heavy (non-hydrogen) atoms. The lowest BCUT2D eigenvalue weighted by molar-refractivity contribution is -0.138. The first-order valence-corrected chi connectivity index (χ1v) is 8.88. The van der Waals surface area contributed by atoms with E-state index in [1.54, 1.807) is 24.3 Å². The minimum absolute atomic E-state index is 0.000898. The highest BCUT2D eigenvalue weighted by Gasteiger charge is 2.27. The molecule has 0 bridgehead atoms. The zero-order chi connectivity index (χ0) is 20.4. The molecule has 3 amide bonds. The van der Waals surface area contributed by atoms with Crippen molar-refractivity contribution in [3.05, 3.63) is 35.9 Å². The number of hydrogen-bond acceptors (Lipinski definition) is 6. The van der Waals surface area contributed by atoms with Crippen molar-refractivity contribution in [3.63, 3.8) is 0 Å². The van der Waals surface area contributed by atoms with Crippen molar-refractivity contribution in [1.29, 1.82) is 0 Å². The van der Waals surface area contributed by atoms with Crippen LogP contribution in [0.5, 0.6) is 0 Å². The fourth-order valence-electron chi connectivity index (χ4n) is 2.11. The Morgan fingerprint density at radius 1 is 1.04 bits per heavy atom. The summed E-state index contributed by atoms with van der Waals surface area (Å²) in [6, 6.07) is 6.10. The Bertz CT molecular complexity index is 669. The van der Waals surface area contributed by atoms with Crippen molar-refractivity contribution in [1.82, 2.24) is 16.0 Å². The third-order valence-corrected chi connectivity index (χ3v) is 3.92. The highest BCUT2D eigenvalue weighted by Crippen LogP contribution is 2.04. The van der Waals surface area contributed by atoms with Gasteiger partial charge in [0, 0.05) is 12.2 Å². The van der Waals surface area contributed by atoms with E-state index >= 15 is 0 Å². The highest BCUT2D eigenvalue weighted by molar-refractivity contribution is 7.80. The molecule has 0 radical (unpaired) electrons. The Kier molecular flexibility index (Phi) is 9.31. The van der Waals surface area contributed by atoms with E-state index in [4.69, 9.17) is 10.8 Å². The molecule has 148 valence electrons. The Morgan fingerprint density at radius 2 is 1.63 bits per heavy atom. The highest BCUT2D eigenvalue weighted by atomic mass is 32.1. The predicted octanol–water partition coefficient (Wildman–Crippen LogP) is -1.32. The van der Waals surface area contributed by atoms with E-state index < -0.39 is 48.4 Å². The number of carbonyl (C=O) groups excluding carboxylic acids is 3. The molecule has 0 fully saturated rings. The first-order chi connectivity index (χ1) is 12.7. The number of nitrogens with two attached hydrogens (primary N) is 1. The molecule has 0 aliphatic rings. The van der Waals surface area contributed by atoms with Crippen LogP contribution in [0, 0.1) is 0 Å². The number of amides is 3. The van der Waals surface area contributed by atoms with Gasteiger partial charge in [0.25, 0.3) is 0 Å². The molecule has 6 N–H and O–H groups in total. The molecular weight excluding hydrogens is 372 g/mol. The average Bonchev–Trinajstić information content (AvgIpc) is 2.63. The van der Waals surface area contributed by atoms with Gasteiger partial charge >= 0.3 is 5.97 Å². The summed E-state index contributed by atoms with van der Waals surface area (Å²) in [5.41, 5.74) is 6.24. The van der Waals surface area contributed by atoms with Gasteiger partial charge in [-0.05, 0) is 12.5 Å². The summed E-state index contributed by atoms with van der Waals surface area (Å²) in [7, 11) is 0. The summed E-state index contributed by atoms with van der Waals surface area (Å²) in [5, 5.41) is 15.9. The number of carbonyl (C=O) groups is 4. The van der Waals surface area contributed by atoms with Gasteiger partial charge < -0.3 is 26.8 Å². The second-order valence-corrected chi connectivity index (χ2v) is 6.26. The van der Waals surface area contributed by atoms with Gasteiger partial charge in [-0.2, -0.15) is 12.6 Å². The van der Waals surface area contributed by atoms with Gasteiger partial charge in [-0.25, -0.2) is 0 Å². The van der Waals surface area contributed by atoms with Crippen LogP contribution in [0.1, 0.15) is 12.5 Å². The third kappa shape index (κ3) is 8.09. The van der Waals surface area contributed by atoms with Gasteiger partial charge in [0.2, 0.25) is 17.7 Å². The summed E-state index contributed by atoms with van der Waals surface area (Å²) in [4.78, 5) is 47.2. The number of benzene rings is 1. The largest absolute Gasteiger partial charge is 0.480 e. The number of nitrogens with one attached hydrogen (secondary N) is 3. The molecule has 1 rings (SSSR count). The maximum atomic E-state index is 12.5. The molecule has 9 nitrogen and oxygen atoms in total. The number of aliphatic carboxylic acids is 1. The molecule has 0 saturated heterocycles. The van der Waals surface area contributed by atoms with Crippen LogP contribution in [0.25, 0.3) is 0 Å². The summed E-state index contributed by atoms with van der Waals surface area (Å²) in [6.45, 7) is 0.901. The smallest absolute Gasteiger partial charge is 0.322 e. The SMILES string of the molecule is CC(N)C(=O)NC(CS)C(=O)NC(Cc1ccccc1)C(=O)NCC(=O)O. The van der Waals surface area contributed by atoms with Crippen LogP contribution in [-0.4, -0.2) is 59.2 Å². The van der Waals surface area contributed by atoms with Gasteiger partial charge in [-0.1, -0.05) is 30.3 Å². The molecule has 3 unspecified atom stereocenters. The zero-order valence-corrected chi connectivity index (χ0v) is 15.7. The Labute approximate surface area is 162 Å².